The second-order valence-corrected chi connectivity index (χ2v) is 5.23. The van der Waals surface area contributed by atoms with Crippen molar-refractivity contribution in [2.45, 2.75) is 26.3 Å². The van der Waals surface area contributed by atoms with Crippen molar-refractivity contribution in [3.05, 3.63) is 35.4 Å². The quantitative estimate of drug-likeness (QED) is 0.769. The highest BCUT2D eigenvalue weighted by atomic mass is 35.5. The largest absolute Gasteiger partial charge is 0.299 e. The lowest BCUT2D eigenvalue weighted by atomic mass is 9.98. The van der Waals surface area contributed by atoms with E-state index < -0.39 is 0 Å². The number of hydrogen-bond acceptors (Lipinski definition) is 2. The molecule has 1 aromatic rings. The SMILES string of the molecule is CC1CCN(Cc2ccccc2C(=O)Cl)CC1. The second kappa shape index (κ2) is 5.65. The minimum atomic E-state index is -0.356. The van der Waals surface area contributed by atoms with Gasteiger partial charge in [-0.3, -0.25) is 9.69 Å². The predicted octanol–water partition coefficient (Wildman–Crippen LogP) is 3.30. The number of benzene rings is 1. The lowest BCUT2D eigenvalue weighted by molar-refractivity contribution is 0.107. The van der Waals surface area contributed by atoms with Crippen molar-refractivity contribution in [2.24, 2.45) is 5.92 Å². The molecule has 0 saturated carbocycles. The molecule has 92 valence electrons. The molecule has 1 aromatic carbocycles. The van der Waals surface area contributed by atoms with Crippen LogP contribution in [0.1, 0.15) is 35.7 Å². The molecule has 0 aliphatic carbocycles. The van der Waals surface area contributed by atoms with Crippen LogP contribution in [0.5, 0.6) is 0 Å². The third-order valence-corrected chi connectivity index (χ3v) is 3.70. The molecule has 1 heterocycles. The fourth-order valence-corrected chi connectivity index (χ4v) is 2.50. The molecule has 0 unspecified atom stereocenters. The zero-order valence-electron chi connectivity index (χ0n) is 10.2. The number of likely N-dealkylation sites (tertiary alicyclic amines) is 1. The van der Waals surface area contributed by atoms with Crippen molar-refractivity contribution in [3.63, 3.8) is 0 Å². The van der Waals surface area contributed by atoms with E-state index >= 15 is 0 Å². The van der Waals surface area contributed by atoms with Gasteiger partial charge in [0, 0.05) is 12.1 Å². The van der Waals surface area contributed by atoms with Crippen LogP contribution in [0.25, 0.3) is 0 Å². The van der Waals surface area contributed by atoms with E-state index in [0.717, 1.165) is 31.1 Å². The Morgan fingerprint density at radius 2 is 2.00 bits per heavy atom. The summed E-state index contributed by atoms with van der Waals surface area (Å²) >= 11 is 5.59. The van der Waals surface area contributed by atoms with Crippen LogP contribution in [0.2, 0.25) is 0 Å². The van der Waals surface area contributed by atoms with Crippen LogP contribution in [0.4, 0.5) is 0 Å². The number of nitrogens with zero attached hydrogens (tertiary/aromatic N) is 1. The highest BCUT2D eigenvalue weighted by Crippen LogP contribution is 2.20. The molecule has 17 heavy (non-hydrogen) atoms. The highest BCUT2D eigenvalue weighted by molar-refractivity contribution is 6.67. The van der Waals surface area contributed by atoms with Gasteiger partial charge >= 0.3 is 0 Å². The standard InChI is InChI=1S/C14H18ClNO/c1-11-6-8-16(9-7-11)10-12-4-2-3-5-13(12)14(15)17/h2-5,11H,6-10H2,1H3. The van der Waals surface area contributed by atoms with E-state index in [1.54, 1.807) is 6.07 Å². The van der Waals surface area contributed by atoms with Crippen molar-refractivity contribution in [2.75, 3.05) is 13.1 Å². The molecule has 1 fully saturated rings. The monoisotopic (exact) mass is 251 g/mol. The van der Waals surface area contributed by atoms with Gasteiger partial charge in [-0.2, -0.15) is 0 Å². The summed E-state index contributed by atoms with van der Waals surface area (Å²) in [6, 6.07) is 7.62. The molecule has 2 rings (SSSR count). The van der Waals surface area contributed by atoms with Gasteiger partial charge in [0.05, 0.1) is 0 Å². The Morgan fingerprint density at radius 3 is 2.65 bits per heavy atom. The van der Waals surface area contributed by atoms with Crippen LogP contribution in [0.3, 0.4) is 0 Å². The maximum atomic E-state index is 11.3. The lowest BCUT2D eigenvalue weighted by Crippen LogP contribution is -2.32. The molecule has 1 aliphatic rings. The number of piperidine rings is 1. The number of halogens is 1. The zero-order chi connectivity index (χ0) is 12.3. The molecular formula is C14H18ClNO. The summed E-state index contributed by atoms with van der Waals surface area (Å²) in [5.74, 6) is 0.830. The normalized spacial score (nSPS) is 18.2. The molecule has 1 aliphatic heterocycles. The zero-order valence-corrected chi connectivity index (χ0v) is 10.9. The molecule has 0 atom stereocenters. The molecular weight excluding hydrogens is 234 g/mol. The van der Waals surface area contributed by atoms with Crippen molar-refractivity contribution >= 4 is 16.8 Å². The first-order valence-corrected chi connectivity index (χ1v) is 6.54. The Labute approximate surface area is 108 Å². The fourth-order valence-electron chi connectivity index (χ4n) is 2.31. The third-order valence-electron chi connectivity index (χ3n) is 3.50. The first-order valence-electron chi connectivity index (χ1n) is 6.17. The van der Waals surface area contributed by atoms with Crippen molar-refractivity contribution in [3.8, 4) is 0 Å². The van der Waals surface area contributed by atoms with Gasteiger partial charge in [-0.15, -0.1) is 0 Å². The fraction of sp³-hybridized carbons (Fsp3) is 0.500. The summed E-state index contributed by atoms with van der Waals surface area (Å²) in [4.78, 5) is 13.7. The Kier molecular flexibility index (Phi) is 4.19. The lowest BCUT2D eigenvalue weighted by Gasteiger charge is -2.30. The Hall–Kier alpha value is -0.860. The van der Waals surface area contributed by atoms with Gasteiger partial charge in [0.25, 0.3) is 5.24 Å². The first-order chi connectivity index (χ1) is 8.16. The minimum absolute atomic E-state index is 0.356. The van der Waals surface area contributed by atoms with Gasteiger partial charge < -0.3 is 0 Å². The van der Waals surface area contributed by atoms with E-state index in [4.69, 9.17) is 11.6 Å². The molecule has 1 saturated heterocycles. The molecule has 2 nitrogen and oxygen atoms in total. The van der Waals surface area contributed by atoms with Crippen LogP contribution >= 0.6 is 11.6 Å². The molecule has 0 aromatic heterocycles. The van der Waals surface area contributed by atoms with E-state index in [1.165, 1.54) is 12.8 Å². The Balaban J connectivity index is 2.05. The smallest absolute Gasteiger partial charge is 0.252 e. The number of carbonyl (C=O) groups is 1. The van der Waals surface area contributed by atoms with E-state index in [0.29, 0.717) is 5.56 Å². The van der Waals surface area contributed by atoms with Gasteiger partial charge in [0.2, 0.25) is 0 Å². The number of carbonyl (C=O) groups excluding carboxylic acids is 1. The molecule has 0 N–H and O–H groups in total. The summed E-state index contributed by atoms with van der Waals surface area (Å²) in [7, 11) is 0. The topological polar surface area (TPSA) is 20.3 Å². The van der Waals surface area contributed by atoms with E-state index in [1.807, 2.05) is 18.2 Å². The average Bonchev–Trinajstić information content (AvgIpc) is 2.32. The van der Waals surface area contributed by atoms with E-state index in [2.05, 4.69) is 11.8 Å². The first kappa shape index (κ1) is 12.6. The second-order valence-electron chi connectivity index (χ2n) is 4.89. The summed E-state index contributed by atoms with van der Waals surface area (Å²) in [6.45, 7) is 5.37. The van der Waals surface area contributed by atoms with Crippen molar-refractivity contribution in [1.29, 1.82) is 0 Å². The van der Waals surface area contributed by atoms with Crippen LogP contribution < -0.4 is 0 Å². The van der Waals surface area contributed by atoms with Crippen LogP contribution in [0.15, 0.2) is 24.3 Å². The molecule has 0 spiro atoms. The van der Waals surface area contributed by atoms with Crippen LogP contribution in [-0.2, 0) is 6.54 Å². The van der Waals surface area contributed by atoms with E-state index in [-0.39, 0.29) is 5.24 Å². The minimum Gasteiger partial charge on any atom is -0.299 e. The van der Waals surface area contributed by atoms with Gasteiger partial charge in [0.15, 0.2) is 0 Å². The number of hydrogen-bond donors (Lipinski definition) is 0. The number of rotatable bonds is 3. The molecule has 0 amide bonds. The molecule has 0 bridgehead atoms. The summed E-state index contributed by atoms with van der Waals surface area (Å²) in [5.41, 5.74) is 1.69. The maximum Gasteiger partial charge on any atom is 0.252 e. The van der Waals surface area contributed by atoms with E-state index in [9.17, 15) is 4.79 Å². The third kappa shape index (κ3) is 3.30. The molecule has 3 heteroatoms. The Morgan fingerprint density at radius 1 is 1.35 bits per heavy atom. The van der Waals surface area contributed by atoms with Crippen molar-refractivity contribution < 1.29 is 4.79 Å². The van der Waals surface area contributed by atoms with Crippen molar-refractivity contribution in [1.82, 2.24) is 4.90 Å². The van der Waals surface area contributed by atoms with Gasteiger partial charge in [-0.25, -0.2) is 0 Å². The van der Waals surface area contributed by atoms with Crippen LogP contribution in [0, 0.1) is 5.92 Å². The van der Waals surface area contributed by atoms with Gasteiger partial charge in [-0.05, 0) is 55.1 Å². The maximum absolute atomic E-state index is 11.3. The summed E-state index contributed by atoms with van der Waals surface area (Å²) in [6.07, 6.45) is 2.49. The average molecular weight is 252 g/mol. The Bertz CT molecular complexity index is 397. The summed E-state index contributed by atoms with van der Waals surface area (Å²) in [5, 5.41) is -0.356. The highest BCUT2D eigenvalue weighted by Gasteiger charge is 2.17. The van der Waals surface area contributed by atoms with Crippen LogP contribution in [-0.4, -0.2) is 23.2 Å². The predicted molar refractivity (Wildman–Crippen MR) is 70.3 cm³/mol. The molecule has 0 radical (unpaired) electrons. The van der Waals surface area contributed by atoms with Gasteiger partial charge in [0.1, 0.15) is 0 Å². The summed E-state index contributed by atoms with van der Waals surface area (Å²) < 4.78 is 0. The van der Waals surface area contributed by atoms with Gasteiger partial charge in [-0.1, -0.05) is 25.1 Å².